The predicted octanol–water partition coefficient (Wildman–Crippen LogP) is 2.44. The van der Waals surface area contributed by atoms with E-state index in [2.05, 4.69) is 21.4 Å². The van der Waals surface area contributed by atoms with Crippen molar-refractivity contribution in [3.63, 3.8) is 0 Å². The smallest absolute Gasteiger partial charge is 0.131 e. The fourth-order valence-electron chi connectivity index (χ4n) is 1.09. The first-order chi connectivity index (χ1) is 6.79. The first-order valence-electron chi connectivity index (χ1n) is 3.94. The van der Waals surface area contributed by atoms with Gasteiger partial charge < -0.3 is 0 Å². The Bertz CT molecular complexity index is 356. The minimum Gasteiger partial charge on any atom is -0.292 e. The number of hydrogen-bond acceptors (Lipinski definition) is 3. The lowest BCUT2D eigenvalue weighted by molar-refractivity contribution is 0.0778. The van der Waals surface area contributed by atoms with Crippen LogP contribution in [0.25, 0.3) is 10.4 Å². The second-order valence-electron chi connectivity index (χ2n) is 2.61. The average Bonchev–Trinajstić information content (AvgIpc) is 2.21. The van der Waals surface area contributed by atoms with Crippen LogP contribution < -0.4 is 5.90 Å². The van der Waals surface area contributed by atoms with Gasteiger partial charge in [-0.2, -0.15) is 0 Å². The monoisotopic (exact) mass is 190 g/mol. The first-order valence-corrected chi connectivity index (χ1v) is 3.94. The zero-order valence-corrected chi connectivity index (χ0v) is 7.50. The topological polar surface area (TPSA) is 84.0 Å². The molecule has 0 heterocycles. The van der Waals surface area contributed by atoms with Crippen molar-refractivity contribution in [3.05, 3.63) is 58.6 Å². The number of nitrogens with zero attached hydrogens (tertiary/aromatic N) is 3. The molecule has 0 radical (unpaired) electrons. The molecule has 0 amide bonds. The molecule has 1 aromatic carbocycles. The molecule has 0 saturated carbocycles. The van der Waals surface area contributed by atoms with Crippen molar-refractivity contribution in [2.75, 3.05) is 0 Å². The Morgan fingerprint density at radius 2 is 2.14 bits per heavy atom. The summed E-state index contributed by atoms with van der Waals surface area (Å²) >= 11 is 0. The number of azide groups is 1. The Labute approximate surface area is 81.4 Å². The molecule has 1 atom stereocenters. The summed E-state index contributed by atoms with van der Waals surface area (Å²) in [6.07, 6.45) is -0.591. The van der Waals surface area contributed by atoms with Crippen molar-refractivity contribution in [3.8, 4) is 0 Å². The van der Waals surface area contributed by atoms with E-state index >= 15 is 0 Å². The van der Waals surface area contributed by atoms with Crippen LogP contribution in [0.4, 0.5) is 0 Å². The molecule has 0 aliphatic carbocycles. The van der Waals surface area contributed by atoms with Gasteiger partial charge in [-0.1, -0.05) is 42.0 Å². The van der Waals surface area contributed by atoms with Gasteiger partial charge in [0.25, 0.3) is 0 Å². The summed E-state index contributed by atoms with van der Waals surface area (Å²) in [4.78, 5) is 7.31. The van der Waals surface area contributed by atoms with Crippen LogP contribution in [0.3, 0.4) is 0 Å². The van der Waals surface area contributed by atoms with Gasteiger partial charge in [0.2, 0.25) is 0 Å². The SMILES string of the molecule is C=C(N=[N+]=[N-])[C@H](ON)c1ccccc1. The Kier molecular flexibility index (Phi) is 3.69. The van der Waals surface area contributed by atoms with Crippen molar-refractivity contribution in [1.29, 1.82) is 0 Å². The number of nitrogens with two attached hydrogens (primary N) is 1. The second-order valence-corrected chi connectivity index (χ2v) is 2.61. The highest BCUT2D eigenvalue weighted by Gasteiger charge is 2.12. The van der Waals surface area contributed by atoms with E-state index in [1.165, 1.54) is 0 Å². The molecule has 5 nitrogen and oxygen atoms in total. The van der Waals surface area contributed by atoms with Gasteiger partial charge in [0.05, 0.1) is 0 Å². The van der Waals surface area contributed by atoms with E-state index in [-0.39, 0.29) is 5.70 Å². The molecule has 5 heteroatoms. The fourth-order valence-corrected chi connectivity index (χ4v) is 1.09. The molecule has 1 rings (SSSR count). The maximum absolute atomic E-state index is 8.23. The van der Waals surface area contributed by atoms with E-state index in [4.69, 9.17) is 11.4 Å². The van der Waals surface area contributed by atoms with Crippen molar-refractivity contribution in [1.82, 2.24) is 0 Å². The van der Waals surface area contributed by atoms with Crippen LogP contribution in [0, 0.1) is 0 Å². The predicted molar refractivity (Wildman–Crippen MR) is 52.7 cm³/mol. The molecule has 0 aliphatic heterocycles. The lowest BCUT2D eigenvalue weighted by Crippen LogP contribution is -2.10. The van der Waals surface area contributed by atoms with E-state index in [0.717, 1.165) is 5.56 Å². The van der Waals surface area contributed by atoms with Gasteiger partial charge in [0.1, 0.15) is 6.10 Å². The molecule has 0 bridgehead atoms. The summed E-state index contributed by atoms with van der Waals surface area (Å²) < 4.78 is 0. The second kappa shape index (κ2) is 5.04. The Hall–Kier alpha value is -1.81. The van der Waals surface area contributed by atoms with Crippen LogP contribution in [-0.4, -0.2) is 0 Å². The van der Waals surface area contributed by atoms with Crippen molar-refractivity contribution >= 4 is 0 Å². The van der Waals surface area contributed by atoms with E-state index in [1.807, 2.05) is 30.3 Å². The van der Waals surface area contributed by atoms with E-state index in [0.29, 0.717) is 0 Å². The third kappa shape index (κ3) is 2.34. The maximum atomic E-state index is 8.23. The molecule has 72 valence electrons. The molecule has 1 aromatic rings. The highest BCUT2D eigenvalue weighted by molar-refractivity contribution is 5.24. The third-order valence-corrected chi connectivity index (χ3v) is 1.71. The average molecular weight is 190 g/mol. The van der Waals surface area contributed by atoms with Crippen LogP contribution in [0.2, 0.25) is 0 Å². The summed E-state index contributed by atoms with van der Waals surface area (Å²) in [5.74, 6) is 5.09. The van der Waals surface area contributed by atoms with Gasteiger partial charge >= 0.3 is 0 Å². The molecule has 0 fully saturated rings. The van der Waals surface area contributed by atoms with E-state index in [9.17, 15) is 0 Å². The van der Waals surface area contributed by atoms with E-state index < -0.39 is 6.10 Å². The fraction of sp³-hybridized carbons (Fsp3) is 0.111. The Morgan fingerprint density at radius 3 is 2.64 bits per heavy atom. The van der Waals surface area contributed by atoms with Crippen molar-refractivity contribution < 1.29 is 4.84 Å². The lowest BCUT2D eigenvalue weighted by atomic mass is 10.1. The van der Waals surface area contributed by atoms with Gasteiger partial charge in [0.15, 0.2) is 0 Å². The summed E-state index contributed by atoms with van der Waals surface area (Å²) in [6, 6.07) is 9.17. The van der Waals surface area contributed by atoms with Gasteiger partial charge in [-0.15, -0.1) is 0 Å². The van der Waals surface area contributed by atoms with Crippen LogP contribution in [0.15, 0.2) is 47.7 Å². The molecule has 0 spiro atoms. The minimum absolute atomic E-state index is 0.237. The van der Waals surface area contributed by atoms with Crippen LogP contribution in [-0.2, 0) is 4.84 Å². The van der Waals surface area contributed by atoms with Crippen LogP contribution in [0.5, 0.6) is 0 Å². The molecule has 0 saturated heterocycles. The largest absolute Gasteiger partial charge is 0.292 e. The molecule has 2 N–H and O–H groups in total. The van der Waals surface area contributed by atoms with Crippen molar-refractivity contribution in [2.24, 2.45) is 11.0 Å². The molecule has 14 heavy (non-hydrogen) atoms. The number of benzene rings is 1. The molecular weight excluding hydrogens is 180 g/mol. The first kappa shape index (κ1) is 10.3. The number of hydrogen-bond donors (Lipinski definition) is 1. The molecule has 0 unspecified atom stereocenters. The quantitative estimate of drug-likeness (QED) is 0.342. The highest BCUT2D eigenvalue weighted by atomic mass is 16.6. The zero-order chi connectivity index (χ0) is 10.4. The maximum Gasteiger partial charge on any atom is 0.131 e. The minimum atomic E-state index is -0.591. The highest BCUT2D eigenvalue weighted by Crippen LogP contribution is 2.23. The molecule has 0 aromatic heterocycles. The zero-order valence-electron chi connectivity index (χ0n) is 7.50. The number of rotatable bonds is 4. The lowest BCUT2D eigenvalue weighted by Gasteiger charge is -2.13. The van der Waals surface area contributed by atoms with Crippen LogP contribution >= 0.6 is 0 Å². The molecular formula is C9H10N4O. The molecule has 0 aliphatic rings. The summed E-state index contributed by atoms with van der Waals surface area (Å²) in [6.45, 7) is 3.57. The third-order valence-electron chi connectivity index (χ3n) is 1.71. The Morgan fingerprint density at radius 1 is 1.50 bits per heavy atom. The van der Waals surface area contributed by atoms with Crippen molar-refractivity contribution in [2.45, 2.75) is 6.10 Å². The standard InChI is InChI=1S/C9H10N4O/c1-7(12-13-10)9(14-11)8-5-3-2-4-6-8/h2-6,9H,1,11H2/t9-/m0/s1. The van der Waals surface area contributed by atoms with Gasteiger partial charge in [-0.05, 0) is 11.1 Å². The van der Waals surface area contributed by atoms with Gasteiger partial charge in [-0.25, -0.2) is 5.90 Å². The normalized spacial score (nSPS) is 11.5. The Balaban J connectivity index is 2.93. The summed E-state index contributed by atoms with van der Waals surface area (Å²) in [5, 5.41) is 3.35. The van der Waals surface area contributed by atoms with Gasteiger partial charge in [-0.3, -0.25) is 4.84 Å². The van der Waals surface area contributed by atoms with Gasteiger partial charge in [0, 0.05) is 10.6 Å². The van der Waals surface area contributed by atoms with E-state index in [1.54, 1.807) is 0 Å². The summed E-state index contributed by atoms with van der Waals surface area (Å²) in [7, 11) is 0. The summed E-state index contributed by atoms with van der Waals surface area (Å²) in [5.41, 5.74) is 9.26. The van der Waals surface area contributed by atoms with Crippen LogP contribution in [0.1, 0.15) is 11.7 Å².